The molecule has 0 saturated heterocycles. The number of rotatable bonds is 4. The first-order valence-corrected chi connectivity index (χ1v) is 12.3. The monoisotopic (exact) mass is 474 g/mol. The first-order valence-electron chi connectivity index (χ1n) is 12.3. The van der Waals surface area contributed by atoms with Gasteiger partial charge in [0.25, 0.3) is 0 Å². The van der Waals surface area contributed by atoms with E-state index in [1.165, 1.54) is 21.8 Å². The molecule has 2 heterocycles. The number of aromatic nitrogens is 4. The van der Waals surface area contributed by atoms with E-state index >= 15 is 0 Å². The number of para-hydroxylation sites is 2. The summed E-state index contributed by atoms with van der Waals surface area (Å²) >= 11 is 0. The van der Waals surface area contributed by atoms with Crippen LogP contribution in [0.25, 0.3) is 61.7 Å². The highest BCUT2D eigenvalue weighted by molar-refractivity contribution is 6.09. The topological polar surface area (TPSA) is 43.6 Å². The van der Waals surface area contributed by atoms with E-state index in [1.54, 1.807) is 0 Å². The van der Waals surface area contributed by atoms with Crippen molar-refractivity contribution in [1.29, 1.82) is 0 Å². The smallest absolute Gasteiger partial charge is 0.164 e. The van der Waals surface area contributed by atoms with Crippen LogP contribution in [0.2, 0.25) is 0 Å². The van der Waals surface area contributed by atoms with Gasteiger partial charge in [0.1, 0.15) is 0 Å². The number of benzene rings is 5. The van der Waals surface area contributed by atoms with Crippen LogP contribution < -0.4 is 0 Å². The van der Waals surface area contributed by atoms with Crippen LogP contribution >= 0.6 is 0 Å². The Labute approximate surface area is 214 Å². The molecule has 4 heteroatoms. The molecule has 37 heavy (non-hydrogen) atoms. The lowest BCUT2D eigenvalue weighted by atomic mass is 10.1. The summed E-state index contributed by atoms with van der Waals surface area (Å²) in [6.45, 7) is 0. The summed E-state index contributed by atoms with van der Waals surface area (Å²) in [6, 6.07) is 45.7. The quantitative estimate of drug-likeness (QED) is 0.260. The van der Waals surface area contributed by atoms with Crippen molar-refractivity contribution in [3.8, 4) is 39.9 Å². The highest BCUT2D eigenvalue weighted by atomic mass is 15.0. The van der Waals surface area contributed by atoms with Gasteiger partial charge in [0.15, 0.2) is 17.5 Å². The zero-order valence-corrected chi connectivity index (χ0v) is 20.0. The van der Waals surface area contributed by atoms with E-state index < -0.39 is 0 Å². The second kappa shape index (κ2) is 8.85. The van der Waals surface area contributed by atoms with E-state index in [9.17, 15) is 0 Å². The second-order valence-corrected chi connectivity index (χ2v) is 8.95. The molecule has 0 amide bonds. The lowest BCUT2D eigenvalue weighted by Crippen LogP contribution is -2.00. The third-order valence-corrected chi connectivity index (χ3v) is 6.66. The highest BCUT2D eigenvalue weighted by Crippen LogP contribution is 2.32. The maximum Gasteiger partial charge on any atom is 0.164 e. The fourth-order valence-electron chi connectivity index (χ4n) is 4.90. The van der Waals surface area contributed by atoms with Gasteiger partial charge in [-0.3, -0.25) is 0 Å². The van der Waals surface area contributed by atoms with Gasteiger partial charge in [0.05, 0.1) is 11.0 Å². The van der Waals surface area contributed by atoms with Crippen molar-refractivity contribution in [2.24, 2.45) is 0 Å². The fraction of sp³-hybridized carbons (Fsp3) is 0. The van der Waals surface area contributed by atoms with Gasteiger partial charge in [-0.25, -0.2) is 15.0 Å². The van der Waals surface area contributed by atoms with Crippen LogP contribution in [-0.2, 0) is 0 Å². The molecule has 2 aromatic heterocycles. The van der Waals surface area contributed by atoms with Gasteiger partial charge < -0.3 is 4.57 Å². The number of hydrogen-bond acceptors (Lipinski definition) is 3. The summed E-state index contributed by atoms with van der Waals surface area (Å²) in [7, 11) is 0. The molecule has 4 nitrogen and oxygen atoms in total. The fourth-order valence-corrected chi connectivity index (χ4v) is 4.90. The molecule has 0 aliphatic rings. The van der Waals surface area contributed by atoms with Crippen LogP contribution in [0.4, 0.5) is 0 Å². The average molecular weight is 475 g/mol. The summed E-state index contributed by atoms with van der Waals surface area (Å²) in [5, 5.41) is 2.50. The van der Waals surface area contributed by atoms with Crippen LogP contribution in [0.5, 0.6) is 0 Å². The molecule has 7 aromatic rings. The Morgan fingerprint density at radius 3 is 1.19 bits per heavy atom. The highest BCUT2D eigenvalue weighted by Gasteiger charge is 2.14. The Kier molecular flexibility index (Phi) is 5.07. The molecule has 0 saturated carbocycles. The van der Waals surface area contributed by atoms with Gasteiger partial charge in [0.2, 0.25) is 0 Å². The number of nitrogens with zero attached hydrogens (tertiary/aromatic N) is 4. The summed E-state index contributed by atoms with van der Waals surface area (Å²) in [5.41, 5.74) is 6.35. The number of fused-ring (bicyclic) bond motifs is 3. The molecule has 5 aromatic carbocycles. The van der Waals surface area contributed by atoms with E-state index in [0.717, 1.165) is 22.4 Å². The standard InChI is InChI=1S/C33H22N4/c1-3-11-23(12-4-1)31-34-32(24-13-5-2-6-14-24)36-33(35-31)25-19-21-26(22-20-25)37-29-17-9-7-15-27(29)28-16-8-10-18-30(28)37/h1-22H. The van der Waals surface area contributed by atoms with Crippen molar-refractivity contribution < 1.29 is 0 Å². The zero-order valence-electron chi connectivity index (χ0n) is 20.0. The molecule has 0 N–H and O–H groups in total. The molecule has 0 aliphatic heterocycles. The molecule has 0 fully saturated rings. The van der Waals surface area contributed by atoms with Gasteiger partial charge in [-0.15, -0.1) is 0 Å². The van der Waals surface area contributed by atoms with Crippen molar-refractivity contribution in [1.82, 2.24) is 19.5 Å². The van der Waals surface area contributed by atoms with Gasteiger partial charge in [-0.05, 0) is 36.4 Å². The van der Waals surface area contributed by atoms with Crippen molar-refractivity contribution in [3.63, 3.8) is 0 Å². The molecule has 0 unspecified atom stereocenters. The molecule has 0 atom stereocenters. The van der Waals surface area contributed by atoms with Crippen molar-refractivity contribution in [2.45, 2.75) is 0 Å². The van der Waals surface area contributed by atoms with Crippen molar-refractivity contribution >= 4 is 21.8 Å². The maximum atomic E-state index is 4.86. The van der Waals surface area contributed by atoms with Crippen LogP contribution in [0.3, 0.4) is 0 Å². The molecule has 174 valence electrons. The Balaban J connectivity index is 1.37. The van der Waals surface area contributed by atoms with E-state index in [1.807, 2.05) is 60.7 Å². The van der Waals surface area contributed by atoms with Gasteiger partial charge in [0, 0.05) is 33.2 Å². The van der Waals surface area contributed by atoms with E-state index in [4.69, 9.17) is 15.0 Å². The van der Waals surface area contributed by atoms with Crippen molar-refractivity contribution in [3.05, 3.63) is 133 Å². The Bertz CT molecular complexity index is 1740. The Morgan fingerprint density at radius 1 is 0.351 bits per heavy atom. The summed E-state index contributed by atoms with van der Waals surface area (Å²) < 4.78 is 2.31. The molecular formula is C33H22N4. The Morgan fingerprint density at radius 2 is 0.730 bits per heavy atom. The normalized spacial score (nSPS) is 11.2. The summed E-state index contributed by atoms with van der Waals surface area (Å²) in [6.07, 6.45) is 0. The van der Waals surface area contributed by atoms with Gasteiger partial charge >= 0.3 is 0 Å². The zero-order chi connectivity index (χ0) is 24.6. The van der Waals surface area contributed by atoms with Gasteiger partial charge in [-0.2, -0.15) is 0 Å². The predicted molar refractivity (Wildman–Crippen MR) is 150 cm³/mol. The molecule has 0 radical (unpaired) electrons. The van der Waals surface area contributed by atoms with Gasteiger partial charge in [-0.1, -0.05) is 97.1 Å². The largest absolute Gasteiger partial charge is 0.309 e. The maximum absolute atomic E-state index is 4.86. The predicted octanol–water partition coefficient (Wildman–Crippen LogP) is 7.97. The summed E-state index contributed by atoms with van der Waals surface area (Å²) in [4.78, 5) is 14.5. The lowest BCUT2D eigenvalue weighted by Gasteiger charge is -2.10. The SMILES string of the molecule is c1ccc(-c2nc(-c3ccccc3)nc(-c3ccc(-n4c5ccccc5c5ccccc54)cc3)n2)cc1. The van der Waals surface area contributed by atoms with Crippen molar-refractivity contribution in [2.75, 3.05) is 0 Å². The van der Waals surface area contributed by atoms with Crippen LogP contribution in [0.15, 0.2) is 133 Å². The lowest BCUT2D eigenvalue weighted by molar-refractivity contribution is 1.07. The van der Waals surface area contributed by atoms with E-state index in [2.05, 4.69) is 77.4 Å². The first-order chi connectivity index (χ1) is 18.3. The van der Waals surface area contributed by atoms with Crippen LogP contribution in [0.1, 0.15) is 0 Å². The average Bonchev–Trinajstić information content (AvgIpc) is 3.32. The molecular weight excluding hydrogens is 452 g/mol. The van der Waals surface area contributed by atoms with Crippen LogP contribution in [0, 0.1) is 0 Å². The second-order valence-electron chi connectivity index (χ2n) is 8.95. The third kappa shape index (κ3) is 3.76. The summed E-state index contributed by atoms with van der Waals surface area (Å²) in [5.74, 6) is 1.98. The molecule has 0 aliphatic carbocycles. The minimum atomic E-state index is 0.654. The third-order valence-electron chi connectivity index (χ3n) is 6.66. The molecule has 0 bridgehead atoms. The number of hydrogen-bond donors (Lipinski definition) is 0. The minimum absolute atomic E-state index is 0.654. The minimum Gasteiger partial charge on any atom is -0.309 e. The van der Waals surface area contributed by atoms with E-state index in [-0.39, 0.29) is 0 Å². The first kappa shape index (κ1) is 21.2. The Hall–Kier alpha value is -5.09. The molecule has 0 spiro atoms. The molecule has 7 rings (SSSR count). The van der Waals surface area contributed by atoms with Crippen LogP contribution in [-0.4, -0.2) is 19.5 Å². The van der Waals surface area contributed by atoms with E-state index in [0.29, 0.717) is 17.5 Å².